The maximum absolute atomic E-state index is 4.18. The second kappa shape index (κ2) is 2.96. The third-order valence-corrected chi connectivity index (χ3v) is 3.49. The molecule has 2 heteroatoms. The first-order valence-corrected chi connectivity index (χ1v) is 6.79. The summed E-state index contributed by atoms with van der Waals surface area (Å²) in [6, 6.07) is 4.23. The average molecular weight is 319 g/mol. The summed E-state index contributed by atoms with van der Waals surface area (Å²) in [6.45, 7) is 2.06. The number of aromatic nitrogens is 1. The van der Waals surface area contributed by atoms with E-state index in [1.807, 2.05) is 6.20 Å². The molecular formula is C6H7NRa. The zero-order valence-corrected chi connectivity index (χ0v) is 13.4. The Morgan fingerprint density at radius 1 is 1.50 bits per heavy atom. The Kier molecular flexibility index (Phi) is 2.49. The van der Waals surface area contributed by atoms with Crippen LogP contribution in [0.5, 0.6) is 0 Å². The molecule has 1 nitrogen and oxygen atoms in total. The van der Waals surface area contributed by atoms with Gasteiger partial charge in [0.2, 0.25) is 0 Å². The van der Waals surface area contributed by atoms with Crippen molar-refractivity contribution in [1.82, 2.24) is 4.98 Å². The number of pyridine rings is 1. The van der Waals surface area contributed by atoms with Crippen LogP contribution in [0.25, 0.3) is 0 Å². The molecule has 0 atom stereocenters. The molecule has 0 unspecified atom stereocenters. The van der Waals surface area contributed by atoms with Crippen LogP contribution in [-0.4, -0.2) is 4.98 Å². The Labute approximate surface area is 78.3 Å². The van der Waals surface area contributed by atoms with Crippen LogP contribution in [0.2, 0.25) is 0 Å². The molecule has 1 rings (SSSR count). The van der Waals surface area contributed by atoms with Gasteiger partial charge in [-0.05, 0) is 0 Å². The van der Waals surface area contributed by atoms with Crippen LogP contribution in [0.3, 0.4) is 0 Å². The Balaban J connectivity index is 3.03. The number of aryl methyl sites for hydroxylation is 1. The van der Waals surface area contributed by atoms with Crippen LogP contribution < -0.4 is 0.735 Å². The fraction of sp³-hybridized carbons (Fsp3) is 0.167. The normalized spacial score (nSPS) is 9.00. The Hall–Kier alpha value is 0.618. The first-order valence-electron chi connectivity index (χ1n) is 2.68. The van der Waals surface area contributed by atoms with Gasteiger partial charge in [0, 0.05) is 0 Å². The van der Waals surface area contributed by atoms with Gasteiger partial charge < -0.3 is 0 Å². The summed E-state index contributed by atoms with van der Waals surface area (Å²) in [7, 11) is 0. The van der Waals surface area contributed by atoms with Gasteiger partial charge in [-0.3, -0.25) is 0 Å². The first-order chi connectivity index (χ1) is 3.79. The van der Waals surface area contributed by atoms with Gasteiger partial charge in [0.15, 0.2) is 0 Å². The molecule has 38 valence electrons. The minimum atomic E-state index is 0.456. The van der Waals surface area contributed by atoms with E-state index >= 15 is 0 Å². The van der Waals surface area contributed by atoms with Crippen molar-refractivity contribution in [3.8, 4) is 0 Å². The van der Waals surface area contributed by atoms with Gasteiger partial charge in [0.25, 0.3) is 0 Å². The molecule has 0 N–H and O–H groups in total. The van der Waals surface area contributed by atoms with E-state index in [1.54, 1.807) is 0 Å². The molecule has 1 aromatic heterocycles. The van der Waals surface area contributed by atoms with Crippen molar-refractivity contribution in [2.45, 2.75) is 6.92 Å². The maximum atomic E-state index is 4.18. The molecule has 0 fully saturated rings. The molecule has 1 aromatic rings. The second-order valence-electron chi connectivity index (χ2n) is 1.98. The summed E-state index contributed by atoms with van der Waals surface area (Å²) < 4.78 is 1.31. The molecule has 0 spiro atoms. The van der Waals surface area contributed by atoms with Gasteiger partial charge in [0.1, 0.15) is 0 Å². The van der Waals surface area contributed by atoms with Crippen molar-refractivity contribution in [3.05, 3.63) is 23.9 Å². The summed E-state index contributed by atoms with van der Waals surface area (Å²) in [5, 5.41) is 0. The molecule has 0 amide bonds. The first kappa shape index (κ1) is 6.73. The molecular weight excluding hydrogens is 312 g/mol. The quantitative estimate of drug-likeness (QED) is 0.670. The van der Waals surface area contributed by atoms with E-state index in [-0.39, 0.29) is 0 Å². The number of rotatable bonds is 0. The summed E-state index contributed by atoms with van der Waals surface area (Å²) >= 11 is 0.456. The van der Waals surface area contributed by atoms with Crippen molar-refractivity contribution < 1.29 is 42.8 Å². The van der Waals surface area contributed by atoms with Crippen LogP contribution in [0.15, 0.2) is 18.3 Å². The molecule has 0 saturated heterocycles. The van der Waals surface area contributed by atoms with Crippen molar-refractivity contribution in [3.63, 3.8) is 0 Å². The molecule has 0 bridgehead atoms. The Bertz CT molecular complexity index is 147. The van der Waals surface area contributed by atoms with Crippen LogP contribution in [-0.2, 0) is 0 Å². The van der Waals surface area contributed by atoms with Crippen LogP contribution in [0, 0.1) is 49.7 Å². The van der Waals surface area contributed by atoms with Gasteiger partial charge in [0.05, 0.1) is 0 Å². The predicted octanol–water partition coefficient (Wildman–Crippen LogP) is 0.297. The third-order valence-electron chi connectivity index (χ3n) is 1.06. The monoisotopic (exact) mass is 319 g/mol. The van der Waals surface area contributed by atoms with Crippen molar-refractivity contribution in [2.75, 3.05) is 0 Å². The minimum absolute atomic E-state index is 0.456. The predicted molar refractivity (Wildman–Crippen MR) is 30.0 cm³/mol. The van der Waals surface area contributed by atoms with Gasteiger partial charge in [-0.2, -0.15) is 0 Å². The SMILES string of the molecule is Cc1cc[c]([RaH])nc1. The molecule has 0 radical (unpaired) electrons. The molecule has 0 aromatic carbocycles. The molecule has 0 aliphatic carbocycles. The molecule has 8 heavy (non-hydrogen) atoms. The van der Waals surface area contributed by atoms with Gasteiger partial charge in [-0.15, -0.1) is 0 Å². The third kappa shape index (κ3) is 1.85. The summed E-state index contributed by atoms with van der Waals surface area (Å²) in [5.41, 5.74) is 1.25. The topological polar surface area (TPSA) is 12.9 Å². The Morgan fingerprint density at radius 2 is 2.25 bits per heavy atom. The van der Waals surface area contributed by atoms with Gasteiger partial charge in [-0.1, -0.05) is 0 Å². The molecule has 1 heterocycles. The van der Waals surface area contributed by atoms with Crippen molar-refractivity contribution in [1.29, 1.82) is 0 Å². The molecule has 0 aliphatic heterocycles. The van der Waals surface area contributed by atoms with E-state index in [4.69, 9.17) is 0 Å². The van der Waals surface area contributed by atoms with Crippen LogP contribution in [0.1, 0.15) is 5.56 Å². The zero-order chi connectivity index (χ0) is 5.98. The number of nitrogens with zero attached hydrogens (tertiary/aromatic N) is 1. The molecule has 0 saturated carbocycles. The summed E-state index contributed by atoms with van der Waals surface area (Å²) in [5.74, 6) is 0. The van der Waals surface area contributed by atoms with E-state index in [0.717, 1.165) is 0 Å². The summed E-state index contributed by atoms with van der Waals surface area (Å²) in [6.07, 6.45) is 1.93. The standard InChI is InChI=1S/C6H6N.Ra.H/c1-6-3-2-4-7-5-6;;/h2-3,5H,1H3;;. The van der Waals surface area contributed by atoms with E-state index in [2.05, 4.69) is 24.0 Å². The fourth-order valence-corrected chi connectivity index (χ4v) is 1.76. The van der Waals surface area contributed by atoms with E-state index in [1.165, 1.54) is 6.30 Å². The van der Waals surface area contributed by atoms with E-state index in [9.17, 15) is 0 Å². The molecule has 0 aliphatic rings. The van der Waals surface area contributed by atoms with Gasteiger partial charge >= 0.3 is 79.3 Å². The van der Waals surface area contributed by atoms with E-state index < -0.39 is 0 Å². The van der Waals surface area contributed by atoms with Crippen molar-refractivity contribution >= 4 is 0.735 Å². The number of hydrogen-bond acceptors (Lipinski definition) is 1. The van der Waals surface area contributed by atoms with Crippen LogP contribution >= 0.6 is 0 Å². The average Bonchev–Trinajstić information content (AvgIpc) is 1.77. The van der Waals surface area contributed by atoms with E-state index in [0.29, 0.717) is 42.8 Å². The second-order valence-corrected chi connectivity index (χ2v) is 6.19. The zero-order valence-electron chi connectivity index (χ0n) is 5.18. The number of hydrogen-bond donors (Lipinski definition) is 0. The Morgan fingerprint density at radius 3 is 2.62 bits per heavy atom. The van der Waals surface area contributed by atoms with Crippen LogP contribution in [0.4, 0.5) is 0 Å². The van der Waals surface area contributed by atoms with Gasteiger partial charge in [-0.25, -0.2) is 0 Å². The van der Waals surface area contributed by atoms with Crippen molar-refractivity contribution in [2.24, 2.45) is 0 Å². The fourth-order valence-electron chi connectivity index (χ4n) is 0.542. The summed E-state index contributed by atoms with van der Waals surface area (Å²) in [4.78, 5) is 4.18.